The van der Waals surface area contributed by atoms with Gasteiger partial charge in [0.1, 0.15) is 5.75 Å². The van der Waals surface area contributed by atoms with E-state index in [-0.39, 0.29) is 17.9 Å². The first-order valence-corrected chi connectivity index (χ1v) is 4.15. The van der Waals surface area contributed by atoms with Crippen molar-refractivity contribution in [1.29, 1.82) is 0 Å². The minimum atomic E-state index is -0.671. The van der Waals surface area contributed by atoms with E-state index in [1.165, 1.54) is 25.1 Å². The van der Waals surface area contributed by atoms with Gasteiger partial charge in [-0.25, -0.2) is 0 Å². The molecule has 1 aromatic carbocycles. The Hall–Kier alpha value is -1.62. The van der Waals surface area contributed by atoms with Gasteiger partial charge in [0, 0.05) is 18.1 Å². The molecule has 0 spiro atoms. The van der Waals surface area contributed by atoms with Gasteiger partial charge in [0.2, 0.25) is 0 Å². The fourth-order valence-electron chi connectivity index (χ4n) is 1.23. The molecule has 1 aromatic rings. The van der Waals surface area contributed by atoms with E-state index >= 15 is 0 Å². The molecule has 0 unspecified atom stereocenters. The second kappa shape index (κ2) is 4.06. The molecule has 0 aromatic heterocycles. The largest absolute Gasteiger partial charge is 0.508 e. The summed E-state index contributed by atoms with van der Waals surface area (Å²) in [6.45, 7) is 1.54. The molecular weight excluding hydrogens is 186 g/mol. The Morgan fingerprint density at radius 1 is 1.57 bits per heavy atom. The lowest BCUT2D eigenvalue weighted by molar-refractivity contribution is -0.385. The quantitative estimate of drug-likeness (QED) is 0.563. The second-order valence-electron chi connectivity index (χ2n) is 3.12. The number of aromatic hydroxyl groups is 1. The van der Waals surface area contributed by atoms with Crippen LogP contribution in [0.4, 0.5) is 5.69 Å². The fraction of sp³-hybridized carbons (Fsp3) is 0.333. The van der Waals surface area contributed by atoms with Crippen molar-refractivity contribution in [1.82, 2.24) is 0 Å². The fourth-order valence-corrected chi connectivity index (χ4v) is 1.23. The van der Waals surface area contributed by atoms with Crippen LogP contribution >= 0.6 is 0 Å². The van der Waals surface area contributed by atoms with E-state index in [1.54, 1.807) is 0 Å². The summed E-state index contributed by atoms with van der Waals surface area (Å²) in [6, 6.07) is 3.78. The minimum absolute atomic E-state index is 0.0359. The zero-order chi connectivity index (χ0) is 10.7. The van der Waals surface area contributed by atoms with Crippen molar-refractivity contribution in [3.8, 4) is 5.75 Å². The Morgan fingerprint density at radius 3 is 2.71 bits per heavy atom. The first-order chi connectivity index (χ1) is 6.50. The van der Waals surface area contributed by atoms with Gasteiger partial charge in [0.25, 0.3) is 5.69 Å². The number of nitrogens with zero attached hydrogens (tertiary/aromatic N) is 1. The summed E-state index contributed by atoms with van der Waals surface area (Å²) in [6.07, 6.45) is -0.513. The van der Waals surface area contributed by atoms with Gasteiger partial charge in [-0.1, -0.05) is 0 Å². The van der Waals surface area contributed by atoms with Gasteiger partial charge < -0.3 is 10.2 Å². The van der Waals surface area contributed by atoms with Crippen LogP contribution in [-0.4, -0.2) is 21.2 Å². The standard InChI is InChI=1S/C9H11NO4/c1-6(11)4-7-5-8(12)2-3-9(7)10(13)14/h2-3,5-6,11-12H,4H2,1H3/t6-/m1/s1. The molecule has 0 heterocycles. The van der Waals surface area contributed by atoms with Crippen LogP contribution in [0.1, 0.15) is 12.5 Å². The maximum absolute atomic E-state index is 10.6. The number of phenolic OH excluding ortho intramolecular Hbond substituents is 1. The Balaban J connectivity index is 3.09. The molecule has 0 aliphatic heterocycles. The third-order valence-corrected chi connectivity index (χ3v) is 1.78. The zero-order valence-electron chi connectivity index (χ0n) is 7.67. The molecule has 1 rings (SSSR count). The Labute approximate surface area is 80.8 Å². The van der Waals surface area contributed by atoms with Crippen molar-refractivity contribution in [2.75, 3.05) is 0 Å². The van der Waals surface area contributed by atoms with Gasteiger partial charge in [-0.15, -0.1) is 0 Å². The predicted octanol–water partition coefficient (Wildman–Crippen LogP) is 1.22. The molecule has 0 aliphatic carbocycles. The average Bonchev–Trinajstić information content (AvgIpc) is 2.01. The van der Waals surface area contributed by atoms with Crippen LogP contribution < -0.4 is 0 Å². The molecule has 0 aliphatic rings. The zero-order valence-corrected chi connectivity index (χ0v) is 7.67. The first-order valence-electron chi connectivity index (χ1n) is 4.15. The number of hydrogen-bond acceptors (Lipinski definition) is 4. The van der Waals surface area contributed by atoms with Gasteiger partial charge in [0.05, 0.1) is 11.0 Å². The van der Waals surface area contributed by atoms with E-state index in [1.807, 2.05) is 0 Å². The molecule has 5 nitrogen and oxygen atoms in total. The number of aliphatic hydroxyl groups is 1. The molecule has 2 N–H and O–H groups in total. The Kier molecular flexibility index (Phi) is 3.03. The van der Waals surface area contributed by atoms with Crippen LogP contribution in [0.2, 0.25) is 0 Å². The summed E-state index contributed by atoms with van der Waals surface area (Å²) >= 11 is 0. The Morgan fingerprint density at radius 2 is 2.21 bits per heavy atom. The van der Waals surface area contributed by atoms with Gasteiger partial charge >= 0.3 is 0 Å². The summed E-state index contributed by atoms with van der Waals surface area (Å²) in [7, 11) is 0. The van der Waals surface area contributed by atoms with Crippen molar-refractivity contribution in [2.45, 2.75) is 19.4 Å². The average molecular weight is 197 g/mol. The van der Waals surface area contributed by atoms with Gasteiger partial charge in [-0.05, 0) is 19.1 Å². The molecule has 0 amide bonds. The highest BCUT2D eigenvalue weighted by Gasteiger charge is 2.15. The molecule has 0 saturated carbocycles. The van der Waals surface area contributed by atoms with E-state index in [9.17, 15) is 10.1 Å². The monoisotopic (exact) mass is 197 g/mol. The smallest absolute Gasteiger partial charge is 0.272 e. The van der Waals surface area contributed by atoms with E-state index in [4.69, 9.17) is 10.2 Å². The van der Waals surface area contributed by atoms with Crippen molar-refractivity contribution in [2.24, 2.45) is 0 Å². The van der Waals surface area contributed by atoms with Crippen LogP contribution in [0.25, 0.3) is 0 Å². The molecule has 76 valence electrons. The summed E-state index contributed by atoms with van der Waals surface area (Å²) < 4.78 is 0. The summed E-state index contributed by atoms with van der Waals surface area (Å²) in [5.74, 6) is -0.0359. The maximum Gasteiger partial charge on any atom is 0.272 e. The second-order valence-corrected chi connectivity index (χ2v) is 3.12. The van der Waals surface area contributed by atoms with E-state index in [0.717, 1.165) is 0 Å². The number of nitro benzene ring substituents is 1. The van der Waals surface area contributed by atoms with Crippen LogP contribution in [-0.2, 0) is 6.42 Å². The van der Waals surface area contributed by atoms with Crippen LogP contribution in [0, 0.1) is 10.1 Å². The lowest BCUT2D eigenvalue weighted by Gasteiger charge is -2.05. The van der Waals surface area contributed by atoms with Gasteiger partial charge in [-0.3, -0.25) is 10.1 Å². The highest BCUT2D eigenvalue weighted by Crippen LogP contribution is 2.24. The minimum Gasteiger partial charge on any atom is -0.508 e. The van der Waals surface area contributed by atoms with Crippen molar-refractivity contribution in [3.63, 3.8) is 0 Å². The number of rotatable bonds is 3. The number of hydrogen-bond donors (Lipinski definition) is 2. The lowest BCUT2D eigenvalue weighted by atomic mass is 10.1. The van der Waals surface area contributed by atoms with E-state index in [2.05, 4.69) is 0 Å². The highest BCUT2D eigenvalue weighted by atomic mass is 16.6. The van der Waals surface area contributed by atoms with Crippen LogP contribution in [0.5, 0.6) is 5.75 Å². The van der Waals surface area contributed by atoms with E-state index < -0.39 is 11.0 Å². The summed E-state index contributed by atoms with van der Waals surface area (Å²) in [5.41, 5.74) is 0.258. The van der Waals surface area contributed by atoms with Crippen molar-refractivity contribution in [3.05, 3.63) is 33.9 Å². The molecular formula is C9H11NO4. The van der Waals surface area contributed by atoms with Crippen molar-refractivity contribution >= 4 is 5.69 Å². The molecule has 14 heavy (non-hydrogen) atoms. The molecule has 0 fully saturated rings. The van der Waals surface area contributed by atoms with Crippen LogP contribution in [0.3, 0.4) is 0 Å². The van der Waals surface area contributed by atoms with Gasteiger partial charge in [0.15, 0.2) is 0 Å². The maximum atomic E-state index is 10.6. The molecule has 0 saturated heterocycles. The van der Waals surface area contributed by atoms with E-state index in [0.29, 0.717) is 5.56 Å². The number of aliphatic hydroxyl groups excluding tert-OH is 1. The molecule has 0 radical (unpaired) electrons. The van der Waals surface area contributed by atoms with Crippen molar-refractivity contribution < 1.29 is 15.1 Å². The third-order valence-electron chi connectivity index (χ3n) is 1.78. The summed E-state index contributed by atoms with van der Waals surface area (Å²) in [4.78, 5) is 10.0. The molecule has 5 heteroatoms. The number of phenols is 1. The van der Waals surface area contributed by atoms with Gasteiger partial charge in [-0.2, -0.15) is 0 Å². The summed E-state index contributed by atoms with van der Waals surface area (Å²) in [5, 5.41) is 28.8. The lowest BCUT2D eigenvalue weighted by Crippen LogP contribution is -2.06. The molecule has 1 atom stereocenters. The predicted molar refractivity (Wildman–Crippen MR) is 50.1 cm³/mol. The first kappa shape index (κ1) is 10.5. The molecule has 0 bridgehead atoms. The SMILES string of the molecule is C[C@@H](O)Cc1cc(O)ccc1[N+](=O)[O-]. The normalized spacial score (nSPS) is 12.4. The Bertz CT molecular complexity index is 349. The third kappa shape index (κ3) is 2.43. The van der Waals surface area contributed by atoms with Crippen LogP contribution in [0.15, 0.2) is 18.2 Å². The number of nitro groups is 1. The topological polar surface area (TPSA) is 83.6 Å². The number of benzene rings is 1. The highest BCUT2D eigenvalue weighted by molar-refractivity contribution is 5.45.